The van der Waals surface area contributed by atoms with Gasteiger partial charge in [0.05, 0.1) is 21.2 Å². The van der Waals surface area contributed by atoms with Gasteiger partial charge < -0.3 is 5.32 Å². The van der Waals surface area contributed by atoms with E-state index in [2.05, 4.69) is 10.4 Å². The van der Waals surface area contributed by atoms with E-state index in [1.54, 1.807) is 25.1 Å². The second-order valence-electron chi connectivity index (χ2n) is 8.15. The van der Waals surface area contributed by atoms with Gasteiger partial charge >= 0.3 is 0 Å². The number of aryl methyl sites for hydroxylation is 1. The molecule has 1 amide bonds. The van der Waals surface area contributed by atoms with Crippen molar-refractivity contribution in [2.24, 2.45) is 0 Å². The molecule has 0 bridgehead atoms. The Hall–Kier alpha value is -3.57. The van der Waals surface area contributed by atoms with Gasteiger partial charge in [0.25, 0.3) is 11.6 Å². The molecule has 0 atom stereocenters. The molecule has 0 saturated carbocycles. The maximum atomic E-state index is 13.0. The molecule has 0 spiro atoms. The number of carbonyl (C=O) groups excluding carboxylic acids is 1. The molecule has 2 aromatic carbocycles. The molecular weight excluding hydrogens is 458 g/mol. The molecule has 0 aliphatic carbocycles. The molecule has 1 aliphatic rings. The third-order valence-corrected chi connectivity index (χ3v) is 7.61. The van der Waals surface area contributed by atoms with Crippen molar-refractivity contribution in [1.29, 1.82) is 0 Å². The smallest absolute Gasteiger partial charge is 0.269 e. The number of aromatic nitrogens is 2. The fourth-order valence-electron chi connectivity index (χ4n) is 3.90. The molecule has 3 aromatic rings. The Balaban J connectivity index is 1.52. The Labute approximate surface area is 197 Å². The summed E-state index contributed by atoms with van der Waals surface area (Å²) in [6.07, 6.45) is 3.76. The lowest BCUT2D eigenvalue weighted by molar-refractivity contribution is -0.384. The van der Waals surface area contributed by atoms with Gasteiger partial charge in [-0.1, -0.05) is 12.8 Å². The summed E-state index contributed by atoms with van der Waals surface area (Å²) in [5.74, 6) is -0.0422. The van der Waals surface area contributed by atoms with E-state index < -0.39 is 20.9 Å². The molecule has 1 aromatic heterocycles. The molecule has 178 valence electrons. The van der Waals surface area contributed by atoms with Crippen LogP contribution in [0.1, 0.15) is 41.7 Å². The number of sulfonamides is 1. The van der Waals surface area contributed by atoms with E-state index in [0.29, 0.717) is 35.9 Å². The Morgan fingerprint density at radius 2 is 1.62 bits per heavy atom. The molecule has 2 heterocycles. The van der Waals surface area contributed by atoms with Gasteiger partial charge in [0.2, 0.25) is 10.0 Å². The molecule has 1 saturated heterocycles. The molecule has 0 radical (unpaired) electrons. The highest BCUT2D eigenvalue weighted by atomic mass is 32.2. The number of non-ortho nitro benzene ring substituents is 1. The number of amides is 1. The summed E-state index contributed by atoms with van der Waals surface area (Å²) < 4.78 is 28.9. The zero-order valence-corrected chi connectivity index (χ0v) is 19.5. The van der Waals surface area contributed by atoms with Crippen LogP contribution in [0, 0.1) is 17.0 Å². The highest BCUT2D eigenvalue weighted by Crippen LogP contribution is 2.23. The van der Waals surface area contributed by atoms with Crippen LogP contribution in [-0.4, -0.2) is 46.4 Å². The average Bonchev–Trinajstić information content (AvgIpc) is 3.01. The standard InChI is InChI=1S/C23H25N5O5S/c1-17-16-22(27(25-17)19-8-10-20(11-9-19)28(30)31)24-23(29)18-6-12-21(13-7-18)34(32,33)26-14-4-2-3-5-15-26/h6-13,16H,2-5,14-15H2,1H3,(H,24,29). The van der Waals surface area contributed by atoms with E-state index in [-0.39, 0.29) is 10.6 Å². The van der Waals surface area contributed by atoms with Crippen molar-refractivity contribution >= 4 is 27.4 Å². The summed E-state index contributed by atoms with van der Waals surface area (Å²) in [7, 11) is -3.60. The monoisotopic (exact) mass is 483 g/mol. The number of nitrogens with zero attached hydrogens (tertiary/aromatic N) is 4. The predicted octanol–water partition coefficient (Wildman–Crippen LogP) is 3.91. The summed E-state index contributed by atoms with van der Waals surface area (Å²) >= 11 is 0. The second kappa shape index (κ2) is 9.74. The highest BCUT2D eigenvalue weighted by Gasteiger charge is 2.25. The first-order valence-electron chi connectivity index (χ1n) is 11.0. The second-order valence-corrected chi connectivity index (χ2v) is 10.1. The van der Waals surface area contributed by atoms with Crippen LogP contribution in [-0.2, 0) is 10.0 Å². The molecule has 34 heavy (non-hydrogen) atoms. The molecule has 10 nitrogen and oxygen atoms in total. The van der Waals surface area contributed by atoms with Crippen molar-refractivity contribution < 1.29 is 18.1 Å². The highest BCUT2D eigenvalue weighted by molar-refractivity contribution is 7.89. The van der Waals surface area contributed by atoms with Crippen molar-refractivity contribution in [2.75, 3.05) is 18.4 Å². The van der Waals surface area contributed by atoms with E-state index in [0.717, 1.165) is 25.7 Å². The van der Waals surface area contributed by atoms with Crippen LogP contribution in [0.15, 0.2) is 59.5 Å². The molecule has 11 heteroatoms. The summed E-state index contributed by atoms with van der Waals surface area (Å²) in [5.41, 5.74) is 1.44. The van der Waals surface area contributed by atoms with E-state index in [1.807, 2.05) is 0 Å². The van der Waals surface area contributed by atoms with Gasteiger partial charge in [0, 0.05) is 36.9 Å². The minimum Gasteiger partial charge on any atom is -0.306 e. The molecule has 1 fully saturated rings. The first-order chi connectivity index (χ1) is 16.3. The molecule has 4 rings (SSSR count). The lowest BCUT2D eigenvalue weighted by atomic mass is 10.2. The average molecular weight is 484 g/mol. The Morgan fingerprint density at radius 1 is 1.00 bits per heavy atom. The van der Waals surface area contributed by atoms with Crippen LogP contribution >= 0.6 is 0 Å². The minimum absolute atomic E-state index is 0.0477. The number of hydrogen-bond donors (Lipinski definition) is 1. The zero-order chi connectivity index (χ0) is 24.3. The quantitative estimate of drug-likeness (QED) is 0.418. The van der Waals surface area contributed by atoms with Crippen molar-refractivity contribution in [3.05, 3.63) is 76.0 Å². The van der Waals surface area contributed by atoms with Crippen molar-refractivity contribution in [3.8, 4) is 5.69 Å². The number of nitro benzene ring substituents is 1. The lowest BCUT2D eigenvalue weighted by Gasteiger charge is -2.20. The van der Waals surface area contributed by atoms with Crippen LogP contribution < -0.4 is 5.32 Å². The van der Waals surface area contributed by atoms with Gasteiger partial charge in [-0.15, -0.1) is 0 Å². The molecule has 1 aliphatic heterocycles. The van der Waals surface area contributed by atoms with Crippen molar-refractivity contribution in [2.45, 2.75) is 37.5 Å². The Bertz CT molecular complexity index is 1290. The summed E-state index contributed by atoms with van der Waals surface area (Å²) in [5, 5.41) is 18.0. The maximum absolute atomic E-state index is 13.0. The minimum atomic E-state index is -3.60. The van der Waals surface area contributed by atoms with Gasteiger partial charge in [-0.05, 0) is 56.2 Å². The van der Waals surface area contributed by atoms with E-state index >= 15 is 0 Å². The number of rotatable bonds is 6. The summed E-state index contributed by atoms with van der Waals surface area (Å²) in [4.78, 5) is 23.4. The SMILES string of the molecule is Cc1cc(NC(=O)c2ccc(S(=O)(=O)N3CCCCCC3)cc2)n(-c2ccc([N+](=O)[O-])cc2)n1. The Morgan fingerprint density at radius 3 is 2.21 bits per heavy atom. The van der Waals surface area contributed by atoms with Gasteiger partial charge in [-0.25, -0.2) is 13.1 Å². The number of anilines is 1. The van der Waals surface area contributed by atoms with Crippen LogP contribution in [0.5, 0.6) is 0 Å². The number of nitrogens with one attached hydrogen (secondary N) is 1. The number of benzene rings is 2. The van der Waals surface area contributed by atoms with E-state index in [4.69, 9.17) is 0 Å². The van der Waals surface area contributed by atoms with Crippen molar-refractivity contribution in [3.63, 3.8) is 0 Å². The van der Waals surface area contributed by atoms with Gasteiger partial charge in [0.1, 0.15) is 5.82 Å². The molecule has 0 unspecified atom stereocenters. The van der Waals surface area contributed by atoms with Crippen LogP contribution in [0.25, 0.3) is 5.69 Å². The van der Waals surface area contributed by atoms with Gasteiger partial charge in [-0.3, -0.25) is 14.9 Å². The maximum Gasteiger partial charge on any atom is 0.269 e. The fourth-order valence-corrected chi connectivity index (χ4v) is 5.42. The third-order valence-electron chi connectivity index (χ3n) is 5.70. The normalized spacial score (nSPS) is 15.0. The van der Waals surface area contributed by atoms with Gasteiger partial charge in [-0.2, -0.15) is 9.40 Å². The zero-order valence-electron chi connectivity index (χ0n) is 18.7. The summed E-state index contributed by atoms with van der Waals surface area (Å²) in [6.45, 7) is 2.78. The fraction of sp³-hybridized carbons (Fsp3) is 0.304. The Kier molecular flexibility index (Phi) is 6.75. The molecular formula is C23H25N5O5S. The van der Waals surface area contributed by atoms with Crippen LogP contribution in [0.4, 0.5) is 11.5 Å². The predicted molar refractivity (Wildman–Crippen MR) is 127 cm³/mol. The number of carbonyl (C=O) groups is 1. The van der Waals surface area contributed by atoms with E-state index in [9.17, 15) is 23.3 Å². The van der Waals surface area contributed by atoms with E-state index in [1.165, 1.54) is 45.4 Å². The number of nitro groups is 1. The largest absolute Gasteiger partial charge is 0.306 e. The van der Waals surface area contributed by atoms with Crippen LogP contribution in [0.3, 0.4) is 0 Å². The topological polar surface area (TPSA) is 127 Å². The summed E-state index contributed by atoms with van der Waals surface area (Å²) in [6, 6.07) is 13.4. The lowest BCUT2D eigenvalue weighted by Crippen LogP contribution is -2.31. The molecule has 1 N–H and O–H groups in total. The third kappa shape index (κ3) is 5.00. The number of hydrogen-bond acceptors (Lipinski definition) is 6. The van der Waals surface area contributed by atoms with Crippen molar-refractivity contribution in [1.82, 2.24) is 14.1 Å². The van der Waals surface area contributed by atoms with Gasteiger partial charge in [0.15, 0.2) is 0 Å². The first kappa shape index (κ1) is 23.6. The van der Waals surface area contributed by atoms with Crippen LogP contribution in [0.2, 0.25) is 0 Å². The first-order valence-corrected chi connectivity index (χ1v) is 12.4.